The monoisotopic (exact) mass is 419 g/mol. The van der Waals surface area contributed by atoms with Crippen LogP contribution in [0.2, 0.25) is 5.02 Å². The number of halogens is 1. The highest BCUT2D eigenvalue weighted by Crippen LogP contribution is 2.30. The maximum absolute atomic E-state index is 13.0. The van der Waals surface area contributed by atoms with Crippen LogP contribution in [0.15, 0.2) is 66.7 Å². The fourth-order valence-electron chi connectivity index (χ4n) is 3.57. The van der Waals surface area contributed by atoms with Crippen LogP contribution in [0.5, 0.6) is 0 Å². The molecule has 0 bridgehead atoms. The molecule has 0 aliphatic carbocycles. The van der Waals surface area contributed by atoms with E-state index in [-0.39, 0.29) is 11.9 Å². The second-order valence-corrected chi connectivity index (χ2v) is 7.79. The van der Waals surface area contributed by atoms with Crippen molar-refractivity contribution in [2.75, 3.05) is 16.8 Å². The average molecular weight is 420 g/mol. The molecule has 0 saturated carbocycles. The highest BCUT2D eigenvalue weighted by molar-refractivity contribution is 6.30. The Morgan fingerprint density at radius 1 is 1.03 bits per heavy atom. The Kier molecular flexibility index (Phi) is 5.72. The molecule has 0 fully saturated rings. The summed E-state index contributed by atoms with van der Waals surface area (Å²) in [6.07, 6.45) is 0.831. The molecule has 30 heavy (non-hydrogen) atoms. The zero-order valence-corrected chi connectivity index (χ0v) is 17.4. The lowest BCUT2D eigenvalue weighted by Crippen LogP contribution is -2.29. The standard InChI is InChI=1S/C24H22ClN3O2/c1-16-3-2-4-19(13-16)23(29)28-12-11-18-6-5-17(14-22(18)28)15-26-24(30)27-21-9-7-20(25)8-10-21/h2-10,13-14H,11-12,15H2,1H3,(H2,26,27,30). The Morgan fingerprint density at radius 2 is 1.83 bits per heavy atom. The van der Waals surface area contributed by atoms with Gasteiger partial charge in [0.2, 0.25) is 0 Å². The number of benzene rings is 3. The molecule has 1 heterocycles. The summed E-state index contributed by atoms with van der Waals surface area (Å²) in [4.78, 5) is 27.0. The maximum Gasteiger partial charge on any atom is 0.319 e. The van der Waals surface area contributed by atoms with E-state index in [2.05, 4.69) is 10.6 Å². The summed E-state index contributed by atoms with van der Waals surface area (Å²) in [7, 11) is 0. The zero-order valence-electron chi connectivity index (χ0n) is 16.6. The van der Waals surface area contributed by atoms with Crippen LogP contribution in [-0.2, 0) is 13.0 Å². The van der Waals surface area contributed by atoms with Gasteiger partial charge in [-0.15, -0.1) is 0 Å². The average Bonchev–Trinajstić information content (AvgIpc) is 3.16. The summed E-state index contributed by atoms with van der Waals surface area (Å²) >= 11 is 5.86. The molecule has 5 nitrogen and oxygen atoms in total. The van der Waals surface area contributed by atoms with Crippen LogP contribution in [0, 0.1) is 6.92 Å². The number of carbonyl (C=O) groups excluding carboxylic acids is 2. The van der Waals surface area contributed by atoms with Gasteiger partial charge < -0.3 is 15.5 Å². The van der Waals surface area contributed by atoms with E-state index in [0.717, 1.165) is 28.8 Å². The lowest BCUT2D eigenvalue weighted by molar-refractivity contribution is 0.0989. The molecule has 0 saturated heterocycles. The number of aryl methyl sites for hydroxylation is 1. The second kappa shape index (κ2) is 8.59. The van der Waals surface area contributed by atoms with E-state index >= 15 is 0 Å². The largest absolute Gasteiger partial charge is 0.334 e. The Morgan fingerprint density at radius 3 is 2.60 bits per heavy atom. The van der Waals surface area contributed by atoms with E-state index in [1.54, 1.807) is 24.3 Å². The number of amides is 3. The highest BCUT2D eigenvalue weighted by Gasteiger charge is 2.25. The van der Waals surface area contributed by atoms with Crippen molar-refractivity contribution < 1.29 is 9.59 Å². The molecule has 3 aromatic rings. The Hall–Kier alpha value is -3.31. The minimum Gasteiger partial charge on any atom is -0.334 e. The normalized spacial score (nSPS) is 12.4. The van der Waals surface area contributed by atoms with Gasteiger partial charge in [0.1, 0.15) is 0 Å². The van der Waals surface area contributed by atoms with E-state index in [1.165, 1.54) is 0 Å². The Bertz CT molecular complexity index is 1100. The van der Waals surface area contributed by atoms with Gasteiger partial charge in [0.05, 0.1) is 0 Å². The van der Waals surface area contributed by atoms with Gasteiger partial charge in [-0.3, -0.25) is 4.79 Å². The van der Waals surface area contributed by atoms with E-state index in [4.69, 9.17) is 11.6 Å². The van der Waals surface area contributed by atoms with Crippen molar-refractivity contribution in [3.05, 3.63) is 94.0 Å². The Labute approximate surface area is 180 Å². The van der Waals surface area contributed by atoms with Gasteiger partial charge in [-0.05, 0) is 66.9 Å². The van der Waals surface area contributed by atoms with Crippen molar-refractivity contribution in [1.82, 2.24) is 5.32 Å². The van der Waals surface area contributed by atoms with E-state index in [9.17, 15) is 9.59 Å². The summed E-state index contributed by atoms with van der Waals surface area (Å²) in [6.45, 7) is 3.00. The van der Waals surface area contributed by atoms with Gasteiger partial charge in [-0.1, -0.05) is 41.4 Å². The lowest BCUT2D eigenvalue weighted by atomic mass is 10.1. The summed E-state index contributed by atoms with van der Waals surface area (Å²) in [5, 5.41) is 6.24. The topological polar surface area (TPSA) is 61.4 Å². The molecule has 0 atom stereocenters. The highest BCUT2D eigenvalue weighted by atomic mass is 35.5. The number of fused-ring (bicyclic) bond motifs is 1. The first-order chi connectivity index (χ1) is 14.5. The maximum atomic E-state index is 13.0. The number of nitrogens with one attached hydrogen (secondary N) is 2. The number of hydrogen-bond donors (Lipinski definition) is 2. The van der Waals surface area contributed by atoms with Crippen molar-refractivity contribution in [3.8, 4) is 0 Å². The van der Waals surface area contributed by atoms with Gasteiger partial charge in [0, 0.05) is 35.1 Å². The van der Waals surface area contributed by atoms with E-state index in [0.29, 0.717) is 29.4 Å². The molecule has 4 rings (SSSR count). The van der Waals surface area contributed by atoms with Crippen LogP contribution in [0.4, 0.5) is 16.2 Å². The van der Waals surface area contributed by atoms with Crippen LogP contribution in [-0.4, -0.2) is 18.5 Å². The molecule has 1 aliphatic heterocycles. The van der Waals surface area contributed by atoms with Gasteiger partial charge in [0.15, 0.2) is 0 Å². The fraction of sp³-hybridized carbons (Fsp3) is 0.167. The SMILES string of the molecule is Cc1cccc(C(=O)N2CCc3ccc(CNC(=O)Nc4ccc(Cl)cc4)cc32)c1. The first-order valence-corrected chi connectivity index (χ1v) is 10.2. The Balaban J connectivity index is 1.43. The van der Waals surface area contributed by atoms with Gasteiger partial charge >= 0.3 is 6.03 Å². The van der Waals surface area contributed by atoms with E-state index in [1.807, 2.05) is 54.3 Å². The summed E-state index contributed by atoms with van der Waals surface area (Å²) in [6, 6.07) is 20.3. The number of carbonyl (C=O) groups is 2. The molecule has 3 aromatic carbocycles. The first-order valence-electron chi connectivity index (χ1n) is 9.80. The molecule has 0 spiro atoms. The van der Waals surface area contributed by atoms with Crippen molar-refractivity contribution in [3.63, 3.8) is 0 Å². The third kappa shape index (κ3) is 4.47. The molecular formula is C24H22ClN3O2. The number of anilines is 2. The molecular weight excluding hydrogens is 398 g/mol. The minimum atomic E-state index is -0.300. The molecule has 3 amide bonds. The van der Waals surface area contributed by atoms with Gasteiger partial charge in [-0.2, -0.15) is 0 Å². The number of rotatable bonds is 4. The third-order valence-corrected chi connectivity index (χ3v) is 5.36. The molecule has 152 valence electrons. The third-order valence-electron chi connectivity index (χ3n) is 5.11. The van der Waals surface area contributed by atoms with Crippen molar-refractivity contribution in [2.24, 2.45) is 0 Å². The van der Waals surface area contributed by atoms with Crippen molar-refractivity contribution >= 4 is 34.9 Å². The second-order valence-electron chi connectivity index (χ2n) is 7.35. The fourth-order valence-corrected chi connectivity index (χ4v) is 3.70. The van der Waals surface area contributed by atoms with Gasteiger partial charge in [-0.25, -0.2) is 4.79 Å². The lowest BCUT2D eigenvalue weighted by Gasteiger charge is -2.18. The van der Waals surface area contributed by atoms with Crippen molar-refractivity contribution in [2.45, 2.75) is 19.9 Å². The summed E-state index contributed by atoms with van der Waals surface area (Å²) in [5.74, 6) is 0.00282. The van der Waals surface area contributed by atoms with Crippen molar-refractivity contribution in [1.29, 1.82) is 0 Å². The minimum absolute atomic E-state index is 0.00282. The molecule has 0 unspecified atom stereocenters. The summed E-state index contributed by atoms with van der Waals surface area (Å²) < 4.78 is 0. The predicted molar refractivity (Wildman–Crippen MR) is 120 cm³/mol. The number of urea groups is 1. The van der Waals surface area contributed by atoms with Crippen LogP contribution in [0.1, 0.15) is 27.0 Å². The predicted octanol–water partition coefficient (Wildman–Crippen LogP) is 5.17. The van der Waals surface area contributed by atoms with Crippen LogP contribution >= 0.6 is 11.6 Å². The zero-order chi connectivity index (χ0) is 21.1. The van der Waals surface area contributed by atoms with E-state index < -0.39 is 0 Å². The molecule has 2 N–H and O–H groups in total. The van der Waals surface area contributed by atoms with Crippen LogP contribution in [0.25, 0.3) is 0 Å². The number of nitrogens with zero attached hydrogens (tertiary/aromatic N) is 1. The molecule has 0 radical (unpaired) electrons. The van der Waals surface area contributed by atoms with Crippen LogP contribution in [0.3, 0.4) is 0 Å². The smallest absolute Gasteiger partial charge is 0.319 e. The molecule has 0 aromatic heterocycles. The van der Waals surface area contributed by atoms with Gasteiger partial charge in [0.25, 0.3) is 5.91 Å². The first kappa shape index (κ1) is 20.0. The molecule has 1 aliphatic rings. The van der Waals surface area contributed by atoms with Crippen LogP contribution < -0.4 is 15.5 Å². The summed E-state index contributed by atoms with van der Waals surface area (Å²) in [5.41, 5.74) is 5.41. The number of hydrogen-bond acceptors (Lipinski definition) is 2. The molecule has 6 heteroatoms. The quantitative estimate of drug-likeness (QED) is 0.612.